The lowest BCUT2D eigenvalue weighted by Gasteiger charge is -2.25. The maximum Gasteiger partial charge on any atom is 0.323 e. The Morgan fingerprint density at radius 2 is 2.17 bits per heavy atom. The summed E-state index contributed by atoms with van der Waals surface area (Å²) in [6.07, 6.45) is 0.548. The van der Waals surface area contributed by atoms with Crippen molar-refractivity contribution < 1.29 is 9.90 Å². The summed E-state index contributed by atoms with van der Waals surface area (Å²) in [7, 11) is 0. The van der Waals surface area contributed by atoms with Crippen molar-refractivity contribution in [2.45, 2.75) is 30.7 Å². The molecule has 0 saturated carbocycles. The van der Waals surface area contributed by atoms with Crippen molar-refractivity contribution in [1.29, 1.82) is 0 Å². The highest BCUT2D eigenvalue weighted by Crippen LogP contribution is 2.28. The molecule has 0 aromatic heterocycles. The van der Waals surface area contributed by atoms with E-state index in [0.29, 0.717) is 23.7 Å². The Hall–Kier alpha value is -0.710. The molecule has 0 aliphatic rings. The summed E-state index contributed by atoms with van der Waals surface area (Å²) in [4.78, 5) is 12.2. The molecule has 1 aromatic carbocycles. The second kappa shape index (κ2) is 7.02. The van der Waals surface area contributed by atoms with Crippen molar-refractivity contribution in [2.24, 2.45) is 0 Å². The molecule has 5 heteroatoms. The van der Waals surface area contributed by atoms with Gasteiger partial charge in [0.25, 0.3) is 0 Å². The van der Waals surface area contributed by atoms with Crippen LogP contribution in [-0.2, 0) is 4.79 Å². The smallest absolute Gasteiger partial charge is 0.323 e. The summed E-state index contributed by atoms with van der Waals surface area (Å²) in [5.41, 5.74) is -0.872. The van der Waals surface area contributed by atoms with Crippen molar-refractivity contribution in [3.05, 3.63) is 29.3 Å². The molecule has 0 fully saturated rings. The SMILES string of the molecule is CCNC(C)(CCSc1ccccc1Cl)C(=O)O. The summed E-state index contributed by atoms with van der Waals surface area (Å²) < 4.78 is 0. The fourth-order valence-corrected chi connectivity index (χ4v) is 3.00. The number of benzene rings is 1. The number of carboxylic acids is 1. The van der Waals surface area contributed by atoms with E-state index in [1.807, 2.05) is 31.2 Å². The molecular formula is C13H18ClNO2S. The van der Waals surface area contributed by atoms with Crippen molar-refractivity contribution in [2.75, 3.05) is 12.3 Å². The van der Waals surface area contributed by atoms with E-state index >= 15 is 0 Å². The first kappa shape index (κ1) is 15.3. The molecule has 18 heavy (non-hydrogen) atoms. The number of likely N-dealkylation sites (N-methyl/N-ethyl adjacent to an activating group) is 1. The maximum absolute atomic E-state index is 11.2. The van der Waals surface area contributed by atoms with Crippen molar-refractivity contribution >= 4 is 29.3 Å². The molecule has 3 nitrogen and oxygen atoms in total. The van der Waals surface area contributed by atoms with Gasteiger partial charge >= 0.3 is 5.97 Å². The number of rotatable bonds is 7. The molecule has 100 valence electrons. The molecule has 1 atom stereocenters. The first-order valence-electron chi connectivity index (χ1n) is 5.85. The van der Waals surface area contributed by atoms with E-state index in [-0.39, 0.29) is 0 Å². The lowest BCUT2D eigenvalue weighted by atomic mass is 9.99. The second-order valence-electron chi connectivity index (χ2n) is 4.20. The Bertz CT molecular complexity index is 414. The number of aliphatic carboxylic acids is 1. The average molecular weight is 288 g/mol. The van der Waals surface area contributed by atoms with Crippen LogP contribution in [0.5, 0.6) is 0 Å². The third-order valence-electron chi connectivity index (χ3n) is 2.74. The van der Waals surface area contributed by atoms with Crippen LogP contribution in [0.3, 0.4) is 0 Å². The summed E-state index contributed by atoms with van der Waals surface area (Å²) in [6, 6.07) is 7.59. The number of nitrogens with one attached hydrogen (secondary N) is 1. The standard InChI is InChI=1S/C13H18ClNO2S/c1-3-15-13(2,12(16)17)8-9-18-11-7-5-4-6-10(11)14/h4-7,15H,3,8-9H2,1-2H3,(H,16,17). The predicted octanol–water partition coefficient (Wildman–Crippen LogP) is 3.28. The van der Waals surface area contributed by atoms with Gasteiger partial charge in [0, 0.05) is 10.6 Å². The Balaban J connectivity index is 2.54. The van der Waals surface area contributed by atoms with E-state index in [1.54, 1.807) is 18.7 Å². The van der Waals surface area contributed by atoms with Gasteiger partial charge in [0.05, 0.1) is 5.02 Å². The van der Waals surface area contributed by atoms with Gasteiger partial charge in [0.15, 0.2) is 0 Å². The first-order chi connectivity index (χ1) is 8.49. The highest BCUT2D eigenvalue weighted by atomic mass is 35.5. The van der Waals surface area contributed by atoms with Crippen LogP contribution < -0.4 is 5.32 Å². The lowest BCUT2D eigenvalue weighted by Crippen LogP contribution is -2.49. The third-order valence-corrected chi connectivity index (χ3v) is 4.25. The van der Waals surface area contributed by atoms with E-state index in [1.165, 1.54) is 0 Å². The van der Waals surface area contributed by atoms with Gasteiger partial charge in [-0.2, -0.15) is 0 Å². The molecular weight excluding hydrogens is 270 g/mol. The quantitative estimate of drug-likeness (QED) is 0.756. The van der Waals surface area contributed by atoms with Gasteiger partial charge in [-0.15, -0.1) is 11.8 Å². The lowest BCUT2D eigenvalue weighted by molar-refractivity contribution is -0.144. The third kappa shape index (κ3) is 4.19. The van der Waals surface area contributed by atoms with Gasteiger partial charge < -0.3 is 10.4 Å². The molecule has 0 spiro atoms. The fourth-order valence-electron chi connectivity index (χ4n) is 1.59. The Labute approximate surface area is 117 Å². The van der Waals surface area contributed by atoms with Gasteiger partial charge in [-0.1, -0.05) is 30.7 Å². The highest BCUT2D eigenvalue weighted by Gasteiger charge is 2.31. The van der Waals surface area contributed by atoms with Gasteiger partial charge in [0.2, 0.25) is 0 Å². The molecule has 0 heterocycles. The largest absolute Gasteiger partial charge is 0.480 e. The van der Waals surface area contributed by atoms with E-state index in [0.717, 1.165) is 4.90 Å². The van der Waals surface area contributed by atoms with Crippen molar-refractivity contribution in [1.82, 2.24) is 5.32 Å². The second-order valence-corrected chi connectivity index (χ2v) is 5.74. The molecule has 0 radical (unpaired) electrons. The average Bonchev–Trinajstić information content (AvgIpc) is 2.32. The van der Waals surface area contributed by atoms with Crippen LogP contribution in [0, 0.1) is 0 Å². The predicted molar refractivity (Wildman–Crippen MR) is 76.5 cm³/mol. The molecule has 0 amide bonds. The minimum atomic E-state index is -0.872. The van der Waals surface area contributed by atoms with Crippen LogP contribution in [0.25, 0.3) is 0 Å². The molecule has 0 saturated heterocycles. The van der Waals surface area contributed by atoms with E-state index < -0.39 is 11.5 Å². The summed E-state index contributed by atoms with van der Waals surface area (Å²) in [5, 5.41) is 12.9. The topological polar surface area (TPSA) is 49.3 Å². The monoisotopic (exact) mass is 287 g/mol. The van der Waals surface area contributed by atoms with Crippen LogP contribution in [0.1, 0.15) is 20.3 Å². The van der Waals surface area contributed by atoms with Gasteiger partial charge in [-0.05, 0) is 32.0 Å². The zero-order valence-electron chi connectivity index (χ0n) is 10.6. The van der Waals surface area contributed by atoms with Crippen LogP contribution in [0.15, 0.2) is 29.2 Å². The Kier molecular flexibility index (Phi) is 5.99. The van der Waals surface area contributed by atoms with E-state index in [9.17, 15) is 9.90 Å². The molecule has 0 bridgehead atoms. The number of hydrogen-bond acceptors (Lipinski definition) is 3. The van der Waals surface area contributed by atoms with Crippen LogP contribution in [-0.4, -0.2) is 28.9 Å². The van der Waals surface area contributed by atoms with Crippen LogP contribution in [0.2, 0.25) is 5.02 Å². The van der Waals surface area contributed by atoms with Gasteiger partial charge in [-0.25, -0.2) is 0 Å². The zero-order chi connectivity index (χ0) is 13.6. The molecule has 0 aliphatic carbocycles. The summed E-state index contributed by atoms with van der Waals surface area (Å²) in [5.74, 6) is -0.108. The number of thioether (sulfide) groups is 1. The molecule has 0 aliphatic heterocycles. The first-order valence-corrected chi connectivity index (χ1v) is 7.21. The minimum Gasteiger partial charge on any atom is -0.480 e. The van der Waals surface area contributed by atoms with Crippen LogP contribution in [0.4, 0.5) is 0 Å². The van der Waals surface area contributed by atoms with E-state index in [4.69, 9.17) is 11.6 Å². The number of hydrogen-bond donors (Lipinski definition) is 2. The number of carbonyl (C=O) groups is 1. The zero-order valence-corrected chi connectivity index (χ0v) is 12.1. The van der Waals surface area contributed by atoms with Gasteiger partial charge in [0.1, 0.15) is 5.54 Å². The Morgan fingerprint density at radius 1 is 1.50 bits per heavy atom. The number of carboxylic acid groups (broad SMARTS) is 1. The Morgan fingerprint density at radius 3 is 2.72 bits per heavy atom. The molecule has 1 rings (SSSR count). The van der Waals surface area contributed by atoms with Crippen molar-refractivity contribution in [3.8, 4) is 0 Å². The minimum absolute atomic E-state index is 0.548. The summed E-state index contributed by atoms with van der Waals surface area (Å²) >= 11 is 7.63. The fraction of sp³-hybridized carbons (Fsp3) is 0.462. The van der Waals surface area contributed by atoms with Gasteiger partial charge in [-0.3, -0.25) is 4.79 Å². The molecule has 2 N–H and O–H groups in total. The highest BCUT2D eigenvalue weighted by molar-refractivity contribution is 7.99. The summed E-state index contributed by atoms with van der Waals surface area (Å²) in [6.45, 7) is 4.26. The normalized spacial score (nSPS) is 14.2. The van der Waals surface area contributed by atoms with E-state index in [2.05, 4.69) is 5.32 Å². The maximum atomic E-state index is 11.2. The number of halogens is 1. The van der Waals surface area contributed by atoms with Crippen LogP contribution >= 0.6 is 23.4 Å². The molecule has 1 aromatic rings. The molecule has 1 unspecified atom stereocenters. The van der Waals surface area contributed by atoms with Crippen molar-refractivity contribution in [3.63, 3.8) is 0 Å².